The smallest absolute Gasteiger partial charge is 0.335 e. The second-order valence-corrected chi connectivity index (χ2v) is 8.78. The number of carboxylic acid groups (broad SMARTS) is 1. The molecule has 0 bridgehead atoms. The van der Waals surface area contributed by atoms with Crippen LogP contribution in [-0.2, 0) is 11.2 Å². The van der Waals surface area contributed by atoms with Gasteiger partial charge in [0.25, 0.3) is 0 Å². The van der Waals surface area contributed by atoms with Gasteiger partial charge in [-0.15, -0.1) is 0 Å². The summed E-state index contributed by atoms with van der Waals surface area (Å²) in [5, 5.41) is 18.6. The minimum Gasteiger partial charge on any atom is -0.478 e. The number of aromatic carboxylic acids is 1. The summed E-state index contributed by atoms with van der Waals surface area (Å²) in [6, 6.07) is 17.7. The molecule has 1 atom stereocenters. The first kappa shape index (κ1) is 20.6. The first-order valence-corrected chi connectivity index (χ1v) is 11.3. The van der Waals surface area contributed by atoms with E-state index in [1.54, 1.807) is 30.5 Å². The standard InChI is InChI=1S/C27H22FN3O3/c28-20-5-7-21(8-6-20)31-24-12-19-14-29-30-23(19)13-22(24)26(25(31)11-16-9-10-34-15-16)17-1-3-18(4-2-17)27(32)33/h1-8,12-14,16H,9-11,15H2,(H,29,30)(H,32,33). The molecule has 0 aliphatic carbocycles. The number of nitrogens with zero attached hydrogens (tertiary/aromatic N) is 2. The van der Waals surface area contributed by atoms with Crippen LogP contribution < -0.4 is 0 Å². The van der Waals surface area contributed by atoms with E-state index in [0.717, 1.165) is 63.8 Å². The van der Waals surface area contributed by atoms with Gasteiger partial charge in [0.15, 0.2) is 0 Å². The summed E-state index contributed by atoms with van der Waals surface area (Å²) < 4.78 is 21.7. The van der Waals surface area contributed by atoms with Gasteiger partial charge in [0.2, 0.25) is 0 Å². The van der Waals surface area contributed by atoms with Gasteiger partial charge in [-0.2, -0.15) is 5.10 Å². The highest BCUT2D eigenvalue weighted by Crippen LogP contribution is 2.40. The molecule has 1 fully saturated rings. The Bertz CT molecular complexity index is 1510. The molecular formula is C27H22FN3O3. The van der Waals surface area contributed by atoms with Gasteiger partial charge < -0.3 is 14.4 Å². The van der Waals surface area contributed by atoms with Crippen molar-refractivity contribution in [2.45, 2.75) is 12.8 Å². The van der Waals surface area contributed by atoms with Crippen molar-refractivity contribution in [1.82, 2.24) is 14.8 Å². The topological polar surface area (TPSA) is 80.1 Å². The van der Waals surface area contributed by atoms with Crippen molar-refractivity contribution >= 4 is 27.8 Å². The third kappa shape index (κ3) is 3.45. The maximum Gasteiger partial charge on any atom is 0.335 e. The molecule has 170 valence electrons. The summed E-state index contributed by atoms with van der Waals surface area (Å²) in [4.78, 5) is 11.4. The lowest BCUT2D eigenvalue weighted by atomic mass is 9.94. The van der Waals surface area contributed by atoms with Gasteiger partial charge in [-0.25, -0.2) is 9.18 Å². The van der Waals surface area contributed by atoms with Gasteiger partial charge >= 0.3 is 5.97 Å². The van der Waals surface area contributed by atoms with Crippen LogP contribution in [0.1, 0.15) is 22.5 Å². The fourth-order valence-electron chi connectivity index (χ4n) is 4.98. The molecule has 0 amide bonds. The van der Waals surface area contributed by atoms with Crippen molar-refractivity contribution < 1.29 is 19.0 Å². The molecule has 2 aromatic heterocycles. The SMILES string of the molecule is O=C(O)c1ccc(-c2c(CC3CCOC3)n(-c3ccc(F)cc3)c3cc4cn[nH]c4cc23)cc1. The highest BCUT2D eigenvalue weighted by atomic mass is 19.1. The van der Waals surface area contributed by atoms with Crippen molar-refractivity contribution in [3.8, 4) is 16.8 Å². The van der Waals surface area contributed by atoms with Crippen LogP contribution in [0.4, 0.5) is 4.39 Å². The van der Waals surface area contributed by atoms with E-state index < -0.39 is 5.97 Å². The van der Waals surface area contributed by atoms with Crippen molar-refractivity contribution in [1.29, 1.82) is 0 Å². The van der Waals surface area contributed by atoms with Crippen molar-refractivity contribution in [3.05, 3.63) is 83.9 Å². The van der Waals surface area contributed by atoms with E-state index in [1.807, 2.05) is 12.1 Å². The zero-order valence-electron chi connectivity index (χ0n) is 18.3. The molecular weight excluding hydrogens is 433 g/mol. The Hall–Kier alpha value is -3.97. The third-order valence-corrected chi connectivity index (χ3v) is 6.64. The fraction of sp³-hybridized carbons (Fsp3) is 0.185. The maximum absolute atomic E-state index is 13.8. The fourth-order valence-corrected chi connectivity index (χ4v) is 4.98. The molecule has 0 saturated carbocycles. The van der Waals surface area contributed by atoms with E-state index in [4.69, 9.17) is 4.74 Å². The van der Waals surface area contributed by atoms with Crippen LogP contribution in [-0.4, -0.2) is 39.1 Å². The number of fused-ring (bicyclic) bond motifs is 2. The Labute approximate surface area is 194 Å². The molecule has 0 spiro atoms. The van der Waals surface area contributed by atoms with Crippen LogP contribution in [0, 0.1) is 11.7 Å². The minimum atomic E-state index is -0.956. The number of benzene rings is 3. The highest BCUT2D eigenvalue weighted by Gasteiger charge is 2.25. The number of nitrogens with one attached hydrogen (secondary N) is 1. The molecule has 1 aliphatic rings. The van der Waals surface area contributed by atoms with Gasteiger partial charge in [0.05, 0.1) is 22.8 Å². The molecule has 3 aromatic carbocycles. The Balaban J connectivity index is 1.67. The van der Waals surface area contributed by atoms with Crippen LogP contribution in [0.25, 0.3) is 38.6 Å². The third-order valence-electron chi connectivity index (χ3n) is 6.64. The maximum atomic E-state index is 13.8. The predicted molar refractivity (Wildman–Crippen MR) is 128 cm³/mol. The van der Waals surface area contributed by atoms with Gasteiger partial charge in [0.1, 0.15) is 5.82 Å². The van der Waals surface area contributed by atoms with Crippen molar-refractivity contribution in [2.24, 2.45) is 5.92 Å². The van der Waals surface area contributed by atoms with Gasteiger partial charge in [-0.05, 0) is 72.9 Å². The predicted octanol–water partition coefficient (Wildman–Crippen LogP) is 5.59. The number of carboxylic acids is 1. The summed E-state index contributed by atoms with van der Waals surface area (Å²) in [5.74, 6) is -0.873. The summed E-state index contributed by atoms with van der Waals surface area (Å²) in [7, 11) is 0. The molecule has 1 aliphatic heterocycles. The Morgan fingerprint density at radius 1 is 1.15 bits per heavy atom. The summed E-state index contributed by atoms with van der Waals surface area (Å²) >= 11 is 0. The lowest BCUT2D eigenvalue weighted by Gasteiger charge is -2.16. The van der Waals surface area contributed by atoms with E-state index in [0.29, 0.717) is 12.5 Å². The summed E-state index contributed by atoms with van der Waals surface area (Å²) in [6.45, 7) is 1.45. The second-order valence-electron chi connectivity index (χ2n) is 8.78. The molecule has 1 unspecified atom stereocenters. The van der Waals surface area contributed by atoms with E-state index in [-0.39, 0.29) is 11.4 Å². The van der Waals surface area contributed by atoms with Crippen molar-refractivity contribution in [2.75, 3.05) is 13.2 Å². The van der Waals surface area contributed by atoms with E-state index in [2.05, 4.69) is 26.9 Å². The van der Waals surface area contributed by atoms with E-state index in [9.17, 15) is 14.3 Å². The average molecular weight is 455 g/mol. The Kier molecular flexibility index (Phi) is 4.92. The lowest BCUT2D eigenvalue weighted by molar-refractivity contribution is 0.0697. The molecule has 5 aromatic rings. The first-order valence-electron chi connectivity index (χ1n) is 11.3. The summed E-state index contributed by atoms with van der Waals surface area (Å²) in [5.41, 5.74) is 6.10. The number of H-pyrrole nitrogens is 1. The zero-order valence-corrected chi connectivity index (χ0v) is 18.3. The largest absolute Gasteiger partial charge is 0.478 e. The van der Waals surface area contributed by atoms with Gasteiger partial charge in [-0.3, -0.25) is 5.10 Å². The zero-order chi connectivity index (χ0) is 23.2. The van der Waals surface area contributed by atoms with E-state index >= 15 is 0 Å². The van der Waals surface area contributed by atoms with Crippen LogP contribution in [0.2, 0.25) is 0 Å². The minimum absolute atomic E-state index is 0.243. The van der Waals surface area contributed by atoms with Crippen LogP contribution in [0.15, 0.2) is 66.9 Å². The number of aromatic amines is 1. The number of ether oxygens (including phenoxy) is 1. The van der Waals surface area contributed by atoms with Crippen LogP contribution >= 0.6 is 0 Å². The number of rotatable bonds is 5. The molecule has 0 radical (unpaired) electrons. The molecule has 2 N–H and O–H groups in total. The number of aromatic nitrogens is 3. The lowest BCUT2D eigenvalue weighted by Crippen LogP contribution is -2.09. The van der Waals surface area contributed by atoms with Crippen LogP contribution in [0.5, 0.6) is 0 Å². The second kappa shape index (κ2) is 8.11. The van der Waals surface area contributed by atoms with Crippen molar-refractivity contribution in [3.63, 3.8) is 0 Å². The average Bonchev–Trinajstić information content (AvgIpc) is 3.58. The van der Waals surface area contributed by atoms with E-state index in [1.165, 1.54) is 12.1 Å². The highest BCUT2D eigenvalue weighted by molar-refractivity contribution is 6.05. The number of halogens is 1. The van der Waals surface area contributed by atoms with Gasteiger partial charge in [0, 0.05) is 40.9 Å². The molecule has 1 saturated heterocycles. The molecule has 34 heavy (non-hydrogen) atoms. The summed E-state index contributed by atoms with van der Waals surface area (Å²) in [6.07, 6.45) is 3.56. The molecule has 6 rings (SSSR count). The van der Waals surface area contributed by atoms with Crippen LogP contribution in [0.3, 0.4) is 0 Å². The van der Waals surface area contributed by atoms with Gasteiger partial charge in [-0.1, -0.05) is 12.1 Å². The Morgan fingerprint density at radius 2 is 1.94 bits per heavy atom. The normalized spacial score (nSPS) is 16.0. The number of hydrogen-bond donors (Lipinski definition) is 2. The Morgan fingerprint density at radius 3 is 2.65 bits per heavy atom. The number of carbonyl (C=O) groups is 1. The quantitative estimate of drug-likeness (QED) is 0.362. The monoisotopic (exact) mass is 455 g/mol. The molecule has 7 heteroatoms. The molecule has 3 heterocycles. The molecule has 6 nitrogen and oxygen atoms in total. The number of hydrogen-bond acceptors (Lipinski definition) is 3. The first-order chi connectivity index (χ1) is 16.6.